The summed E-state index contributed by atoms with van der Waals surface area (Å²) in [6.45, 7) is 4.46. The number of methoxy groups -OCH3 is 1. The number of halogens is 2. The predicted molar refractivity (Wildman–Crippen MR) is 79.6 cm³/mol. The van der Waals surface area contributed by atoms with Crippen LogP contribution in [-0.2, 0) is 0 Å². The van der Waals surface area contributed by atoms with Crippen LogP contribution < -0.4 is 10.1 Å². The van der Waals surface area contributed by atoms with E-state index in [2.05, 4.69) is 5.32 Å². The number of aryl methyl sites for hydroxylation is 1. The molecule has 1 unspecified atom stereocenters. The summed E-state index contributed by atoms with van der Waals surface area (Å²) in [7, 11) is 1.44. The average Bonchev–Trinajstić information content (AvgIpc) is 2.48. The standard InChI is InChI=1S/C17H19F2NO/c1-4-20-17(12-5-7-14(18)11(2)9-12)13-6-8-15(19)16(10-13)21-3/h5-10,17,20H,4H2,1-3H3. The van der Waals surface area contributed by atoms with Crippen molar-refractivity contribution in [3.8, 4) is 5.75 Å². The lowest BCUT2D eigenvalue weighted by molar-refractivity contribution is 0.385. The Labute approximate surface area is 123 Å². The molecule has 0 radical (unpaired) electrons. The summed E-state index contributed by atoms with van der Waals surface area (Å²) < 4.78 is 32.0. The van der Waals surface area contributed by atoms with Crippen LogP contribution in [0.25, 0.3) is 0 Å². The van der Waals surface area contributed by atoms with Crippen molar-refractivity contribution in [3.05, 3.63) is 64.7 Å². The van der Waals surface area contributed by atoms with Crippen LogP contribution in [0, 0.1) is 18.6 Å². The summed E-state index contributed by atoms with van der Waals surface area (Å²) in [5.74, 6) is -0.424. The van der Waals surface area contributed by atoms with E-state index in [1.165, 1.54) is 19.2 Å². The van der Waals surface area contributed by atoms with Crippen molar-refractivity contribution in [1.82, 2.24) is 5.32 Å². The minimum atomic E-state index is -0.396. The second-order valence-electron chi connectivity index (χ2n) is 4.89. The molecule has 0 bridgehead atoms. The molecule has 0 heterocycles. The van der Waals surface area contributed by atoms with Crippen molar-refractivity contribution in [2.75, 3.05) is 13.7 Å². The first-order valence-corrected chi connectivity index (χ1v) is 6.89. The monoisotopic (exact) mass is 291 g/mol. The van der Waals surface area contributed by atoms with Crippen LogP contribution in [0.4, 0.5) is 8.78 Å². The van der Waals surface area contributed by atoms with Gasteiger partial charge in [0.2, 0.25) is 0 Å². The molecule has 2 aromatic carbocycles. The molecule has 1 atom stereocenters. The van der Waals surface area contributed by atoms with Crippen LogP contribution in [0.15, 0.2) is 36.4 Å². The Hall–Kier alpha value is -1.94. The summed E-state index contributed by atoms with van der Waals surface area (Å²) in [4.78, 5) is 0. The number of ether oxygens (including phenoxy) is 1. The molecule has 112 valence electrons. The number of rotatable bonds is 5. The maximum atomic E-state index is 13.5. The second kappa shape index (κ2) is 6.68. The van der Waals surface area contributed by atoms with Crippen molar-refractivity contribution in [2.45, 2.75) is 19.9 Å². The van der Waals surface area contributed by atoms with Gasteiger partial charge in [-0.3, -0.25) is 0 Å². The van der Waals surface area contributed by atoms with Crippen LogP contribution in [0.5, 0.6) is 5.75 Å². The second-order valence-corrected chi connectivity index (χ2v) is 4.89. The van der Waals surface area contributed by atoms with Crippen LogP contribution in [0.1, 0.15) is 29.7 Å². The summed E-state index contributed by atoms with van der Waals surface area (Å²) in [6.07, 6.45) is 0. The number of hydrogen-bond donors (Lipinski definition) is 1. The van der Waals surface area contributed by atoms with Crippen LogP contribution >= 0.6 is 0 Å². The summed E-state index contributed by atoms with van der Waals surface area (Å²) in [6, 6.07) is 9.63. The number of nitrogens with one attached hydrogen (secondary N) is 1. The van der Waals surface area contributed by atoms with Crippen molar-refractivity contribution >= 4 is 0 Å². The van der Waals surface area contributed by atoms with Gasteiger partial charge in [0.1, 0.15) is 5.82 Å². The van der Waals surface area contributed by atoms with Crippen LogP contribution in [0.3, 0.4) is 0 Å². The molecule has 21 heavy (non-hydrogen) atoms. The molecule has 0 fully saturated rings. The van der Waals surface area contributed by atoms with E-state index in [1.54, 1.807) is 31.2 Å². The van der Waals surface area contributed by atoms with E-state index >= 15 is 0 Å². The Kier molecular flexibility index (Phi) is 4.91. The largest absolute Gasteiger partial charge is 0.494 e. The third kappa shape index (κ3) is 3.39. The number of hydrogen-bond acceptors (Lipinski definition) is 2. The van der Waals surface area contributed by atoms with Gasteiger partial charge in [-0.1, -0.05) is 25.1 Å². The molecular formula is C17H19F2NO. The van der Waals surface area contributed by atoms with Crippen molar-refractivity contribution in [2.24, 2.45) is 0 Å². The van der Waals surface area contributed by atoms with Gasteiger partial charge in [0, 0.05) is 0 Å². The van der Waals surface area contributed by atoms with E-state index in [0.717, 1.165) is 17.7 Å². The fourth-order valence-electron chi connectivity index (χ4n) is 2.34. The molecule has 2 nitrogen and oxygen atoms in total. The van der Waals surface area contributed by atoms with Crippen LogP contribution in [-0.4, -0.2) is 13.7 Å². The first kappa shape index (κ1) is 15.4. The smallest absolute Gasteiger partial charge is 0.165 e. The van der Waals surface area contributed by atoms with E-state index < -0.39 is 5.82 Å². The molecule has 0 spiro atoms. The maximum Gasteiger partial charge on any atom is 0.165 e. The first-order chi connectivity index (χ1) is 10.1. The average molecular weight is 291 g/mol. The highest BCUT2D eigenvalue weighted by Gasteiger charge is 2.16. The molecule has 1 N–H and O–H groups in total. The zero-order valence-electron chi connectivity index (χ0n) is 12.4. The summed E-state index contributed by atoms with van der Waals surface area (Å²) in [5.41, 5.74) is 2.40. The normalized spacial score (nSPS) is 12.2. The van der Waals surface area contributed by atoms with E-state index in [-0.39, 0.29) is 17.6 Å². The highest BCUT2D eigenvalue weighted by Crippen LogP contribution is 2.28. The molecule has 2 rings (SSSR count). The number of benzene rings is 2. The maximum absolute atomic E-state index is 13.5. The topological polar surface area (TPSA) is 21.3 Å². The highest BCUT2D eigenvalue weighted by atomic mass is 19.1. The molecular weight excluding hydrogens is 272 g/mol. The van der Waals surface area contributed by atoms with Gasteiger partial charge in [0.25, 0.3) is 0 Å². The Morgan fingerprint density at radius 3 is 2.24 bits per heavy atom. The van der Waals surface area contributed by atoms with Crippen LogP contribution in [0.2, 0.25) is 0 Å². The van der Waals surface area contributed by atoms with E-state index in [4.69, 9.17) is 4.74 Å². The molecule has 0 saturated heterocycles. The van der Waals surface area contributed by atoms with Gasteiger partial charge in [0.15, 0.2) is 11.6 Å². The molecule has 0 amide bonds. The minimum absolute atomic E-state index is 0.135. The Balaban J connectivity index is 2.44. The lowest BCUT2D eigenvalue weighted by Crippen LogP contribution is -2.22. The molecule has 0 saturated carbocycles. The van der Waals surface area contributed by atoms with Gasteiger partial charge in [-0.05, 0) is 48.4 Å². The zero-order chi connectivity index (χ0) is 15.4. The molecule has 0 aliphatic rings. The van der Waals surface area contributed by atoms with Crippen molar-refractivity contribution in [3.63, 3.8) is 0 Å². The predicted octanol–water partition coefficient (Wildman–Crippen LogP) is 3.98. The van der Waals surface area contributed by atoms with Gasteiger partial charge in [0.05, 0.1) is 13.2 Å². The Bertz CT molecular complexity index is 628. The van der Waals surface area contributed by atoms with Gasteiger partial charge in [-0.2, -0.15) is 0 Å². The third-order valence-electron chi connectivity index (χ3n) is 3.43. The SMILES string of the molecule is CCNC(c1ccc(F)c(C)c1)c1ccc(F)c(OC)c1. The molecule has 4 heteroatoms. The van der Waals surface area contributed by atoms with E-state index in [0.29, 0.717) is 5.56 Å². The van der Waals surface area contributed by atoms with E-state index in [9.17, 15) is 8.78 Å². The van der Waals surface area contributed by atoms with Crippen molar-refractivity contribution in [1.29, 1.82) is 0 Å². The fraction of sp³-hybridized carbons (Fsp3) is 0.294. The first-order valence-electron chi connectivity index (χ1n) is 6.89. The van der Waals surface area contributed by atoms with Gasteiger partial charge in [-0.25, -0.2) is 8.78 Å². The molecule has 0 aliphatic carbocycles. The lowest BCUT2D eigenvalue weighted by Gasteiger charge is -2.20. The van der Waals surface area contributed by atoms with Gasteiger partial charge < -0.3 is 10.1 Å². The Morgan fingerprint density at radius 1 is 1.05 bits per heavy atom. The molecule has 2 aromatic rings. The quantitative estimate of drug-likeness (QED) is 0.899. The Morgan fingerprint density at radius 2 is 1.67 bits per heavy atom. The third-order valence-corrected chi connectivity index (χ3v) is 3.43. The highest BCUT2D eigenvalue weighted by molar-refractivity contribution is 5.39. The zero-order valence-corrected chi connectivity index (χ0v) is 12.4. The fourth-order valence-corrected chi connectivity index (χ4v) is 2.34. The summed E-state index contributed by atoms with van der Waals surface area (Å²) in [5, 5.41) is 3.33. The van der Waals surface area contributed by atoms with E-state index in [1.807, 2.05) is 6.92 Å². The summed E-state index contributed by atoms with van der Waals surface area (Å²) >= 11 is 0. The van der Waals surface area contributed by atoms with Crippen molar-refractivity contribution < 1.29 is 13.5 Å². The minimum Gasteiger partial charge on any atom is -0.494 e. The lowest BCUT2D eigenvalue weighted by atomic mass is 9.97. The van der Waals surface area contributed by atoms with Gasteiger partial charge in [-0.15, -0.1) is 0 Å². The molecule has 0 aromatic heterocycles. The molecule has 0 aliphatic heterocycles. The van der Waals surface area contributed by atoms with Gasteiger partial charge >= 0.3 is 0 Å².